The van der Waals surface area contributed by atoms with Gasteiger partial charge in [-0.1, -0.05) is 6.07 Å². The highest BCUT2D eigenvalue weighted by Gasteiger charge is 2.45. The lowest BCUT2D eigenvalue weighted by atomic mass is 9.99. The van der Waals surface area contributed by atoms with E-state index in [2.05, 4.69) is 9.17 Å². The fourth-order valence-corrected chi connectivity index (χ4v) is 1.87. The minimum absolute atomic E-state index is 0.0936. The minimum atomic E-state index is -2.74. The van der Waals surface area contributed by atoms with Crippen molar-refractivity contribution in [2.75, 3.05) is 6.61 Å². The zero-order chi connectivity index (χ0) is 10.0. The summed E-state index contributed by atoms with van der Waals surface area (Å²) in [5.41, 5.74) is 0.973. The maximum atomic E-state index is 10.3. The Morgan fingerprint density at radius 3 is 2.79 bits per heavy atom. The first-order valence-corrected chi connectivity index (χ1v) is 5.50. The Morgan fingerprint density at radius 1 is 1.50 bits per heavy atom. The molecule has 0 aromatic carbocycles. The van der Waals surface area contributed by atoms with Gasteiger partial charge in [-0.15, -0.1) is 0 Å². The van der Waals surface area contributed by atoms with Crippen LogP contribution in [0.25, 0.3) is 0 Å². The van der Waals surface area contributed by atoms with Crippen molar-refractivity contribution in [1.29, 1.82) is 0 Å². The van der Waals surface area contributed by atoms with Crippen molar-refractivity contribution >= 4 is 11.0 Å². The molecule has 1 aromatic rings. The first kappa shape index (κ1) is 9.61. The molecule has 0 saturated heterocycles. The van der Waals surface area contributed by atoms with E-state index in [0.29, 0.717) is 0 Å². The van der Waals surface area contributed by atoms with Crippen molar-refractivity contribution in [2.45, 2.75) is 18.3 Å². The number of hydrogen-bond donors (Lipinski definition) is 1. The molecule has 1 aromatic heterocycles. The number of rotatable bonds is 4. The van der Waals surface area contributed by atoms with Gasteiger partial charge in [-0.25, -0.2) is 8.42 Å². The molecule has 0 amide bonds. The van der Waals surface area contributed by atoms with E-state index in [-0.39, 0.29) is 12.0 Å². The monoisotopic (exact) mass is 213 g/mol. The topological polar surface area (TPSA) is 56.3 Å². The summed E-state index contributed by atoms with van der Waals surface area (Å²) in [7, 11) is -2.74. The van der Waals surface area contributed by atoms with Gasteiger partial charge in [0, 0.05) is 17.8 Å². The molecule has 14 heavy (non-hydrogen) atoms. The first-order valence-electron chi connectivity index (χ1n) is 4.41. The third-order valence-electron chi connectivity index (χ3n) is 2.57. The SMILES string of the molecule is O=[SH](=O)OCC1(c2cccnc2)CC1. The van der Waals surface area contributed by atoms with Crippen LogP contribution in [0.3, 0.4) is 0 Å². The van der Waals surface area contributed by atoms with Crippen LogP contribution in [-0.4, -0.2) is 20.0 Å². The van der Waals surface area contributed by atoms with E-state index in [0.717, 1.165) is 18.4 Å². The Hall–Kier alpha value is -0.940. The summed E-state index contributed by atoms with van der Waals surface area (Å²) in [6.45, 7) is 0.247. The smallest absolute Gasteiger partial charge is 0.257 e. The van der Waals surface area contributed by atoms with Gasteiger partial charge in [0.1, 0.15) is 0 Å². The highest BCUT2D eigenvalue weighted by Crippen LogP contribution is 2.47. The van der Waals surface area contributed by atoms with Gasteiger partial charge in [0.05, 0.1) is 6.61 Å². The molecule has 2 rings (SSSR count). The Balaban J connectivity index is 2.10. The predicted octanol–water partition coefficient (Wildman–Crippen LogP) is 0.656. The lowest BCUT2D eigenvalue weighted by Gasteiger charge is -2.12. The van der Waals surface area contributed by atoms with E-state index in [1.165, 1.54) is 0 Å². The van der Waals surface area contributed by atoms with Crippen molar-refractivity contribution in [3.8, 4) is 0 Å². The number of nitrogens with zero attached hydrogens (tertiary/aromatic N) is 1. The highest BCUT2D eigenvalue weighted by molar-refractivity contribution is 7.67. The third kappa shape index (κ3) is 1.93. The summed E-state index contributed by atoms with van der Waals surface area (Å²) >= 11 is 0. The van der Waals surface area contributed by atoms with E-state index >= 15 is 0 Å². The van der Waals surface area contributed by atoms with E-state index in [1.54, 1.807) is 12.4 Å². The van der Waals surface area contributed by atoms with Gasteiger partial charge in [0.15, 0.2) is 0 Å². The maximum absolute atomic E-state index is 10.3. The van der Waals surface area contributed by atoms with Crippen molar-refractivity contribution in [1.82, 2.24) is 4.98 Å². The molecule has 76 valence electrons. The van der Waals surface area contributed by atoms with Crippen LogP contribution in [0.4, 0.5) is 0 Å². The molecule has 0 unspecified atom stereocenters. The molecular weight excluding hydrogens is 202 g/mol. The molecule has 0 radical (unpaired) electrons. The maximum Gasteiger partial charge on any atom is 0.257 e. The van der Waals surface area contributed by atoms with Crippen LogP contribution in [0.15, 0.2) is 24.5 Å². The van der Waals surface area contributed by atoms with Gasteiger partial charge in [0.25, 0.3) is 11.0 Å². The summed E-state index contributed by atoms with van der Waals surface area (Å²) < 4.78 is 25.3. The van der Waals surface area contributed by atoms with Gasteiger partial charge >= 0.3 is 0 Å². The molecule has 0 aliphatic heterocycles. The standard InChI is InChI=1S/C9H11NO3S/c11-14(12)13-7-9(3-4-9)8-2-1-5-10-6-8/h1-2,5-6,14H,3-4,7H2. The Morgan fingerprint density at radius 2 is 2.29 bits per heavy atom. The Kier molecular flexibility index (Phi) is 2.52. The molecule has 0 atom stereocenters. The number of pyridine rings is 1. The molecule has 0 spiro atoms. The molecule has 0 bridgehead atoms. The van der Waals surface area contributed by atoms with Gasteiger partial charge in [-0.2, -0.15) is 0 Å². The second kappa shape index (κ2) is 3.67. The van der Waals surface area contributed by atoms with Crippen molar-refractivity contribution in [3.05, 3.63) is 30.1 Å². The minimum Gasteiger partial charge on any atom is -0.271 e. The van der Waals surface area contributed by atoms with Gasteiger partial charge in [-0.3, -0.25) is 9.17 Å². The fraction of sp³-hybridized carbons (Fsp3) is 0.444. The molecule has 4 nitrogen and oxygen atoms in total. The molecule has 1 aliphatic rings. The van der Waals surface area contributed by atoms with Crippen LogP contribution in [0.2, 0.25) is 0 Å². The van der Waals surface area contributed by atoms with Crippen LogP contribution < -0.4 is 0 Å². The Bertz CT molecular complexity index is 376. The van der Waals surface area contributed by atoms with E-state index in [9.17, 15) is 8.42 Å². The summed E-state index contributed by atoms with van der Waals surface area (Å²) in [5.74, 6) is 0. The number of thiol groups is 1. The van der Waals surface area contributed by atoms with E-state index in [1.807, 2.05) is 12.1 Å². The number of aromatic nitrogens is 1. The molecule has 1 aliphatic carbocycles. The van der Waals surface area contributed by atoms with Gasteiger partial charge in [0.2, 0.25) is 0 Å². The molecule has 0 N–H and O–H groups in total. The zero-order valence-corrected chi connectivity index (χ0v) is 8.44. The largest absolute Gasteiger partial charge is 0.271 e. The van der Waals surface area contributed by atoms with Crippen LogP contribution >= 0.6 is 0 Å². The first-order chi connectivity index (χ1) is 6.73. The van der Waals surface area contributed by atoms with Crippen LogP contribution in [0, 0.1) is 0 Å². The van der Waals surface area contributed by atoms with Gasteiger partial charge in [-0.05, 0) is 24.5 Å². The molecule has 1 heterocycles. The summed E-state index contributed by atoms with van der Waals surface area (Å²) in [6, 6.07) is 3.81. The third-order valence-corrected chi connectivity index (χ3v) is 2.91. The average Bonchev–Trinajstić information content (AvgIpc) is 2.97. The van der Waals surface area contributed by atoms with Crippen LogP contribution in [0.5, 0.6) is 0 Å². The second-order valence-corrected chi connectivity index (χ2v) is 4.22. The van der Waals surface area contributed by atoms with Crippen molar-refractivity contribution in [3.63, 3.8) is 0 Å². The van der Waals surface area contributed by atoms with Crippen molar-refractivity contribution < 1.29 is 12.6 Å². The molecule has 5 heteroatoms. The lowest BCUT2D eigenvalue weighted by molar-refractivity contribution is 0.294. The normalized spacial score (nSPS) is 18.4. The quantitative estimate of drug-likeness (QED) is 0.746. The van der Waals surface area contributed by atoms with Crippen molar-refractivity contribution in [2.24, 2.45) is 0 Å². The summed E-state index contributed by atoms with van der Waals surface area (Å²) in [4.78, 5) is 4.01. The predicted molar refractivity (Wildman–Crippen MR) is 51.4 cm³/mol. The second-order valence-electron chi connectivity index (χ2n) is 3.52. The van der Waals surface area contributed by atoms with Crippen LogP contribution in [0.1, 0.15) is 18.4 Å². The molecular formula is C9H11NO3S. The average molecular weight is 213 g/mol. The fourth-order valence-electron chi connectivity index (χ4n) is 1.52. The van der Waals surface area contributed by atoms with E-state index < -0.39 is 11.0 Å². The lowest BCUT2D eigenvalue weighted by Crippen LogP contribution is -2.14. The van der Waals surface area contributed by atoms with E-state index in [4.69, 9.17) is 0 Å². The molecule has 1 saturated carbocycles. The van der Waals surface area contributed by atoms with Gasteiger partial charge < -0.3 is 0 Å². The zero-order valence-electron chi connectivity index (χ0n) is 7.55. The number of hydrogen-bond acceptors (Lipinski definition) is 4. The van der Waals surface area contributed by atoms with Crippen LogP contribution in [-0.2, 0) is 20.6 Å². The Labute approximate surface area is 84.1 Å². The molecule has 1 fully saturated rings. The highest BCUT2D eigenvalue weighted by atomic mass is 32.2. The summed E-state index contributed by atoms with van der Waals surface area (Å²) in [6.07, 6.45) is 5.42. The summed E-state index contributed by atoms with van der Waals surface area (Å²) in [5, 5.41) is 0.